The summed E-state index contributed by atoms with van der Waals surface area (Å²) in [4.78, 5) is 51.0. The molecule has 4 amide bonds. The molecule has 0 radical (unpaired) electrons. The molecule has 0 saturated heterocycles. The summed E-state index contributed by atoms with van der Waals surface area (Å²) in [6.07, 6.45) is 0.0353. The fourth-order valence-corrected chi connectivity index (χ4v) is 3.89. The second-order valence-electron chi connectivity index (χ2n) is 10.8. The smallest absolute Gasteiger partial charge is 0.402 e. The van der Waals surface area contributed by atoms with E-state index in [0.29, 0.717) is 12.8 Å². The highest BCUT2D eigenvalue weighted by molar-refractivity contribution is 6.32. The first-order valence-corrected chi connectivity index (χ1v) is 14.3. The van der Waals surface area contributed by atoms with Crippen LogP contribution in [0.25, 0.3) is 0 Å². The highest BCUT2D eigenvalue weighted by atomic mass is 16.6. The maximum Gasteiger partial charge on any atom is 0.635 e. The van der Waals surface area contributed by atoms with Crippen molar-refractivity contribution in [2.45, 2.75) is 84.7 Å². The number of aliphatic hydroxyl groups excluding tert-OH is 1. The van der Waals surface area contributed by atoms with E-state index in [1.807, 2.05) is 19.9 Å². The molecule has 43 heavy (non-hydrogen) atoms. The van der Waals surface area contributed by atoms with Crippen molar-refractivity contribution in [3.8, 4) is 6.07 Å². The Balaban J connectivity index is 3.03. The molecule has 1 aromatic carbocycles. The van der Waals surface area contributed by atoms with E-state index in [1.54, 1.807) is 50.3 Å². The van der Waals surface area contributed by atoms with Crippen LogP contribution in [0.1, 0.15) is 59.4 Å². The number of aliphatic hydroxyl groups is 1. The van der Waals surface area contributed by atoms with E-state index in [0.717, 1.165) is 5.56 Å². The number of benzene rings is 1. The van der Waals surface area contributed by atoms with Crippen LogP contribution in [0.4, 0.5) is 0 Å². The van der Waals surface area contributed by atoms with E-state index in [-0.39, 0.29) is 30.9 Å². The normalized spacial score (nSPS) is 14.2. The number of rotatable bonds is 18. The number of amides is 4. The van der Waals surface area contributed by atoms with Crippen molar-refractivity contribution in [2.24, 2.45) is 11.8 Å². The van der Waals surface area contributed by atoms with Gasteiger partial charge in [-0.15, -0.1) is 0 Å². The SMILES string of the molecule is CC(C)C=C(C#N)C(=O)NCCCC[C@H](NC(=O)[C@@H](NC(=O)C(C)C)[C@@H](C)O)C(=O)N[C@@H](Cc1ccccc1)OB(O)O. The zero-order chi connectivity index (χ0) is 32.5. The molecule has 7 N–H and O–H groups in total. The summed E-state index contributed by atoms with van der Waals surface area (Å²) in [6, 6.07) is 8.22. The van der Waals surface area contributed by atoms with Crippen LogP contribution in [-0.2, 0) is 30.3 Å². The molecule has 0 aromatic heterocycles. The van der Waals surface area contributed by atoms with Gasteiger partial charge in [-0.25, -0.2) is 0 Å². The predicted octanol–water partition coefficient (Wildman–Crippen LogP) is 0.0564. The van der Waals surface area contributed by atoms with Gasteiger partial charge in [-0.1, -0.05) is 64.1 Å². The molecule has 0 unspecified atom stereocenters. The Morgan fingerprint density at radius 3 is 2.14 bits per heavy atom. The first-order valence-electron chi connectivity index (χ1n) is 14.3. The predicted molar refractivity (Wildman–Crippen MR) is 159 cm³/mol. The number of nitrogens with one attached hydrogen (secondary N) is 4. The van der Waals surface area contributed by atoms with Crippen LogP contribution in [0.3, 0.4) is 0 Å². The van der Waals surface area contributed by atoms with Gasteiger partial charge in [0.1, 0.15) is 30.0 Å². The maximum atomic E-state index is 13.4. The van der Waals surface area contributed by atoms with Crippen molar-refractivity contribution in [3.63, 3.8) is 0 Å². The van der Waals surface area contributed by atoms with Gasteiger partial charge >= 0.3 is 7.32 Å². The van der Waals surface area contributed by atoms with Crippen molar-refractivity contribution < 1.29 is 39.0 Å². The number of unbranched alkanes of at least 4 members (excludes halogenated alkanes) is 1. The van der Waals surface area contributed by atoms with Gasteiger partial charge in [0.15, 0.2) is 0 Å². The fourth-order valence-electron chi connectivity index (χ4n) is 3.89. The summed E-state index contributed by atoms with van der Waals surface area (Å²) < 4.78 is 5.06. The highest BCUT2D eigenvalue weighted by Crippen LogP contribution is 2.09. The molecule has 0 aliphatic heterocycles. The minimum atomic E-state index is -2.18. The van der Waals surface area contributed by atoms with E-state index < -0.39 is 61.3 Å². The number of carbonyl (C=O) groups excluding carboxylic acids is 4. The Kier molecular flexibility index (Phi) is 16.8. The van der Waals surface area contributed by atoms with E-state index in [9.17, 15) is 39.6 Å². The number of carbonyl (C=O) groups is 4. The third kappa shape index (κ3) is 14.8. The topological polar surface area (TPSA) is 210 Å². The molecular weight excluding hydrogens is 557 g/mol. The van der Waals surface area contributed by atoms with Crippen molar-refractivity contribution in [2.75, 3.05) is 6.54 Å². The summed E-state index contributed by atoms with van der Waals surface area (Å²) in [6.45, 7) is 8.48. The van der Waals surface area contributed by atoms with E-state index in [4.69, 9.17) is 4.65 Å². The maximum absolute atomic E-state index is 13.4. The molecule has 0 saturated carbocycles. The zero-order valence-corrected chi connectivity index (χ0v) is 25.4. The fraction of sp³-hybridized carbons (Fsp3) is 0.552. The number of hydrogen-bond acceptors (Lipinski definition) is 9. The van der Waals surface area contributed by atoms with E-state index >= 15 is 0 Å². The molecule has 0 heterocycles. The molecule has 1 rings (SSSR count). The van der Waals surface area contributed by atoms with Gasteiger partial charge in [0, 0.05) is 18.9 Å². The number of hydrogen-bond donors (Lipinski definition) is 7. The Morgan fingerprint density at radius 1 is 0.953 bits per heavy atom. The van der Waals surface area contributed by atoms with Crippen LogP contribution in [0.2, 0.25) is 0 Å². The minimum Gasteiger partial charge on any atom is -0.402 e. The average molecular weight is 602 g/mol. The third-order valence-corrected chi connectivity index (χ3v) is 6.14. The van der Waals surface area contributed by atoms with Crippen LogP contribution in [-0.4, -0.2) is 77.1 Å². The molecule has 4 atom stereocenters. The minimum absolute atomic E-state index is 0.00246. The van der Waals surface area contributed by atoms with Crippen molar-refractivity contribution >= 4 is 30.9 Å². The van der Waals surface area contributed by atoms with Crippen molar-refractivity contribution in [1.29, 1.82) is 5.26 Å². The van der Waals surface area contributed by atoms with E-state index in [1.165, 1.54) is 6.92 Å². The molecule has 236 valence electrons. The number of nitriles is 1. The third-order valence-electron chi connectivity index (χ3n) is 6.14. The molecule has 1 aromatic rings. The second kappa shape index (κ2) is 19.4. The van der Waals surface area contributed by atoms with Crippen LogP contribution in [0.15, 0.2) is 42.0 Å². The molecular formula is C29H44BN5O8. The molecule has 13 nitrogen and oxygen atoms in total. The molecule has 0 spiro atoms. The second-order valence-corrected chi connectivity index (χ2v) is 10.8. The summed E-state index contributed by atoms with van der Waals surface area (Å²) in [5.74, 6) is -2.91. The molecule has 0 fully saturated rings. The van der Waals surface area contributed by atoms with Gasteiger partial charge in [-0.3, -0.25) is 19.2 Å². The molecule has 0 bridgehead atoms. The summed E-state index contributed by atoms with van der Waals surface area (Å²) in [5, 5.41) is 48.4. The zero-order valence-electron chi connectivity index (χ0n) is 25.4. The van der Waals surface area contributed by atoms with E-state index in [2.05, 4.69) is 21.3 Å². The molecule has 14 heteroatoms. The van der Waals surface area contributed by atoms with Gasteiger partial charge in [-0.2, -0.15) is 5.26 Å². The van der Waals surface area contributed by atoms with Gasteiger partial charge in [0.05, 0.1) is 6.10 Å². The van der Waals surface area contributed by atoms with Crippen molar-refractivity contribution in [1.82, 2.24) is 21.3 Å². The summed E-state index contributed by atoms with van der Waals surface area (Å²) in [5.41, 5.74) is 0.737. The lowest BCUT2D eigenvalue weighted by molar-refractivity contribution is -0.135. The van der Waals surface area contributed by atoms with Gasteiger partial charge in [0.2, 0.25) is 17.7 Å². The Bertz CT molecular complexity index is 1120. The van der Waals surface area contributed by atoms with Crippen molar-refractivity contribution in [3.05, 3.63) is 47.5 Å². The molecule has 0 aliphatic rings. The monoisotopic (exact) mass is 601 g/mol. The highest BCUT2D eigenvalue weighted by Gasteiger charge is 2.31. The van der Waals surface area contributed by atoms with Crippen LogP contribution in [0.5, 0.6) is 0 Å². The van der Waals surface area contributed by atoms with Gasteiger partial charge in [-0.05, 0) is 37.7 Å². The lowest BCUT2D eigenvalue weighted by Crippen LogP contribution is -2.58. The Labute approximate surface area is 253 Å². The van der Waals surface area contributed by atoms with Crippen LogP contribution >= 0.6 is 0 Å². The first-order chi connectivity index (χ1) is 20.2. The molecule has 0 aliphatic carbocycles. The van der Waals surface area contributed by atoms with Crippen LogP contribution in [0, 0.1) is 23.2 Å². The van der Waals surface area contributed by atoms with Gasteiger partial charge in [0.25, 0.3) is 5.91 Å². The standard InChI is InChI=1S/C29H44BN5O8/c1-18(2)15-22(17-31)27(38)32-14-10-9-13-23(33-29(40)25(20(5)36)35-26(37)19(3)4)28(39)34-24(43-30(41)42)16-21-11-7-6-8-12-21/h6-8,11-12,15,18-20,23-25,36,41-42H,9-10,13-14,16H2,1-5H3,(H,32,38)(H,33,40)(H,34,39)(H,35,37)/t20-,23+,24-,25+/m1/s1. The largest absolute Gasteiger partial charge is 0.635 e. The average Bonchev–Trinajstić information content (AvgIpc) is 2.93. The Hall–Kier alpha value is -3.77. The summed E-state index contributed by atoms with van der Waals surface area (Å²) >= 11 is 0. The lowest BCUT2D eigenvalue weighted by atomic mass is 10.0. The van der Waals surface area contributed by atoms with Crippen LogP contribution < -0.4 is 21.3 Å². The number of nitrogens with zero attached hydrogens (tertiary/aromatic N) is 1. The quantitative estimate of drug-likeness (QED) is 0.0398. The summed E-state index contributed by atoms with van der Waals surface area (Å²) in [7, 11) is -2.18. The lowest BCUT2D eigenvalue weighted by Gasteiger charge is -2.27. The Morgan fingerprint density at radius 2 is 1.60 bits per heavy atom. The first kappa shape index (κ1) is 37.3. The number of allylic oxidation sites excluding steroid dienone is 1. The van der Waals surface area contributed by atoms with Gasteiger partial charge < -0.3 is 41.1 Å².